The van der Waals surface area contributed by atoms with Crippen LogP contribution in [0.15, 0.2) is 47.3 Å². The maximum absolute atomic E-state index is 11.8. The van der Waals surface area contributed by atoms with Gasteiger partial charge in [-0.25, -0.2) is 9.97 Å². The van der Waals surface area contributed by atoms with E-state index < -0.39 is 5.60 Å². The number of benzene rings is 1. The molecule has 2 rings (SSSR count). The third kappa shape index (κ3) is 4.89. The van der Waals surface area contributed by atoms with Crippen LogP contribution >= 0.6 is 15.9 Å². The second-order valence-electron chi connectivity index (χ2n) is 5.14. The van der Waals surface area contributed by atoms with E-state index in [-0.39, 0.29) is 19.0 Å². The molecule has 1 aromatic carbocycles. The summed E-state index contributed by atoms with van der Waals surface area (Å²) in [6, 6.07) is 9.00. The Balaban J connectivity index is 1.83. The van der Waals surface area contributed by atoms with Gasteiger partial charge in [-0.05, 0) is 30.7 Å². The van der Waals surface area contributed by atoms with Gasteiger partial charge in [0.15, 0.2) is 0 Å². The SMILES string of the molecule is CC(O)(COC(=O)CCc1ccncn1)c1ccc(Br)cc1. The van der Waals surface area contributed by atoms with Gasteiger partial charge >= 0.3 is 5.97 Å². The van der Waals surface area contributed by atoms with Crippen molar-refractivity contribution in [3.63, 3.8) is 0 Å². The van der Waals surface area contributed by atoms with Crippen LogP contribution in [0.3, 0.4) is 0 Å². The smallest absolute Gasteiger partial charge is 0.306 e. The Labute approximate surface area is 137 Å². The molecule has 0 aliphatic heterocycles. The summed E-state index contributed by atoms with van der Waals surface area (Å²) in [5, 5.41) is 10.4. The van der Waals surface area contributed by atoms with Crippen LogP contribution < -0.4 is 0 Å². The molecular weight excluding hydrogens is 348 g/mol. The maximum atomic E-state index is 11.8. The quantitative estimate of drug-likeness (QED) is 0.797. The molecule has 6 heteroatoms. The molecule has 116 valence electrons. The standard InChI is InChI=1S/C16H17BrN2O3/c1-16(21,12-2-4-13(17)5-3-12)10-22-15(20)7-6-14-8-9-18-11-19-14/h2-5,8-9,11,21H,6-7,10H2,1H3. The first-order chi connectivity index (χ1) is 10.5. The number of esters is 1. The molecule has 5 nitrogen and oxygen atoms in total. The van der Waals surface area contributed by atoms with Crippen LogP contribution in [-0.4, -0.2) is 27.7 Å². The molecule has 1 atom stereocenters. The zero-order valence-corrected chi connectivity index (χ0v) is 13.8. The fraction of sp³-hybridized carbons (Fsp3) is 0.312. The molecule has 1 N–H and O–H groups in total. The Morgan fingerprint density at radius 1 is 1.32 bits per heavy atom. The van der Waals surface area contributed by atoms with Gasteiger partial charge in [0.25, 0.3) is 0 Å². The van der Waals surface area contributed by atoms with E-state index in [0.29, 0.717) is 12.0 Å². The zero-order valence-electron chi connectivity index (χ0n) is 12.2. The number of nitrogens with zero attached hydrogens (tertiary/aromatic N) is 2. The molecule has 1 unspecified atom stereocenters. The fourth-order valence-electron chi connectivity index (χ4n) is 1.88. The molecule has 0 amide bonds. The van der Waals surface area contributed by atoms with Crippen LogP contribution in [-0.2, 0) is 21.6 Å². The average molecular weight is 365 g/mol. The summed E-state index contributed by atoms with van der Waals surface area (Å²) >= 11 is 3.34. The topological polar surface area (TPSA) is 72.3 Å². The second kappa shape index (κ2) is 7.47. The minimum atomic E-state index is -1.22. The molecule has 0 aliphatic rings. The highest BCUT2D eigenvalue weighted by atomic mass is 79.9. The van der Waals surface area contributed by atoms with E-state index in [2.05, 4.69) is 25.9 Å². The first-order valence-corrected chi connectivity index (χ1v) is 7.65. The van der Waals surface area contributed by atoms with Gasteiger partial charge in [0.05, 0.1) is 6.42 Å². The monoisotopic (exact) mass is 364 g/mol. The predicted molar refractivity (Wildman–Crippen MR) is 85.0 cm³/mol. The summed E-state index contributed by atoms with van der Waals surface area (Å²) in [6.07, 6.45) is 3.78. The normalized spacial score (nSPS) is 13.4. The van der Waals surface area contributed by atoms with Gasteiger partial charge in [-0.2, -0.15) is 0 Å². The van der Waals surface area contributed by atoms with Crippen molar-refractivity contribution < 1.29 is 14.6 Å². The third-order valence-corrected chi connectivity index (χ3v) is 3.74. The van der Waals surface area contributed by atoms with E-state index >= 15 is 0 Å². The second-order valence-corrected chi connectivity index (χ2v) is 6.06. The Kier molecular flexibility index (Phi) is 5.63. The molecular formula is C16H17BrN2O3. The maximum Gasteiger partial charge on any atom is 0.306 e. The minimum Gasteiger partial charge on any atom is -0.462 e. The van der Waals surface area contributed by atoms with Crippen molar-refractivity contribution in [1.29, 1.82) is 0 Å². The fourth-order valence-corrected chi connectivity index (χ4v) is 2.15. The van der Waals surface area contributed by atoms with Crippen LogP contribution in [0.5, 0.6) is 0 Å². The summed E-state index contributed by atoms with van der Waals surface area (Å²) in [4.78, 5) is 19.6. The van der Waals surface area contributed by atoms with Crippen molar-refractivity contribution in [1.82, 2.24) is 9.97 Å². The van der Waals surface area contributed by atoms with Gasteiger partial charge in [-0.1, -0.05) is 28.1 Å². The molecule has 0 saturated carbocycles. The Hall–Kier alpha value is -1.79. The molecule has 1 heterocycles. The Morgan fingerprint density at radius 3 is 2.68 bits per heavy atom. The molecule has 0 bridgehead atoms. The van der Waals surface area contributed by atoms with Crippen LogP contribution in [0.4, 0.5) is 0 Å². The molecule has 0 aliphatic carbocycles. The van der Waals surface area contributed by atoms with Crippen molar-refractivity contribution in [2.45, 2.75) is 25.4 Å². The molecule has 0 saturated heterocycles. The van der Waals surface area contributed by atoms with Crippen molar-refractivity contribution >= 4 is 21.9 Å². The summed E-state index contributed by atoms with van der Waals surface area (Å²) in [6.45, 7) is 1.53. The van der Waals surface area contributed by atoms with Crippen LogP contribution in [0.25, 0.3) is 0 Å². The Morgan fingerprint density at radius 2 is 2.05 bits per heavy atom. The number of aryl methyl sites for hydroxylation is 1. The molecule has 0 fully saturated rings. The zero-order chi connectivity index (χ0) is 16.0. The third-order valence-electron chi connectivity index (χ3n) is 3.21. The van der Waals surface area contributed by atoms with E-state index in [1.54, 1.807) is 31.3 Å². The molecule has 1 aromatic heterocycles. The Bertz CT molecular complexity index is 615. The lowest BCUT2D eigenvalue weighted by atomic mass is 9.97. The number of ether oxygens (including phenoxy) is 1. The van der Waals surface area contributed by atoms with Gasteiger partial charge in [-0.3, -0.25) is 4.79 Å². The van der Waals surface area contributed by atoms with E-state index in [1.807, 2.05) is 12.1 Å². The number of halogens is 1. The number of rotatable bonds is 6. The highest BCUT2D eigenvalue weighted by Gasteiger charge is 2.25. The van der Waals surface area contributed by atoms with Gasteiger partial charge in [0, 0.05) is 22.8 Å². The summed E-state index contributed by atoms with van der Waals surface area (Å²) in [5.74, 6) is -0.365. The number of aromatic nitrogens is 2. The lowest BCUT2D eigenvalue weighted by Crippen LogP contribution is -2.29. The summed E-state index contributed by atoms with van der Waals surface area (Å²) in [5.41, 5.74) is 0.261. The van der Waals surface area contributed by atoms with E-state index in [1.165, 1.54) is 6.33 Å². The van der Waals surface area contributed by atoms with Crippen molar-refractivity contribution in [2.75, 3.05) is 6.61 Å². The molecule has 2 aromatic rings. The summed E-state index contributed by atoms with van der Waals surface area (Å²) in [7, 11) is 0. The van der Waals surface area contributed by atoms with Gasteiger partial charge in [0.2, 0.25) is 0 Å². The number of carbonyl (C=O) groups excluding carboxylic acids is 1. The van der Waals surface area contributed by atoms with Gasteiger partial charge in [0.1, 0.15) is 18.5 Å². The van der Waals surface area contributed by atoms with Crippen LogP contribution in [0, 0.1) is 0 Å². The lowest BCUT2D eigenvalue weighted by molar-refractivity contribution is -0.151. The number of hydrogen-bond donors (Lipinski definition) is 1. The van der Waals surface area contributed by atoms with Crippen molar-refractivity contribution in [3.05, 3.63) is 58.6 Å². The number of hydrogen-bond acceptors (Lipinski definition) is 5. The highest BCUT2D eigenvalue weighted by Crippen LogP contribution is 2.23. The van der Waals surface area contributed by atoms with E-state index in [9.17, 15) is 9.90 Å². The minimum absolute atomic E-state index is 0.0861. The van der Waals surface area contributed by atoms with E-state index in [0.717, 1.165) is 10.2 Å². The number of carbonyl (C=O) groups is 1. The number of aliphatic hydroxyl groups is 1. The van der Waals surface area contributed by atoms with Crippen molar-refractivity contribution in [3.8, 4) is 0 Å². The molecule has 0 spiro atoms. The largest absolute Gasteiger partial charge is 0.462 e. The first kappa shape index (κ1) is 16.6. The lowest BCUT2D eigenvalue weighted by Gasteiger charge is -2.23. The molecule has 22 heavy (non-hydrogen) atoms. The highest BCUT2D eigenvalue weighted by molar-refractivity contribution is 9.10. The van der Waals surface area contributed by atoms with Gasteiger partial charge < -0.3 is 9.84 Å². The first-order valence-electron chi connectivity index (χ1n) is 6.86. The van der Waals surface area contributed by atoms with Crippen molar-refractivity contribution in [2.24, 2.45) is 0 Å². The van der Waals surface area contributed by atoms with Crippen LogP contribution in [0.2, 0.25) is 0 Å². The van der Waals surface area contributed by atoms with Gasteiger partial charge in [-0.15, -0.1) is 0 Å². The predicted octanol–water partition coefficient (Wildman–Crippen LogP) is 2.62. The summed E-state index contributed by atoms with van der Waals surface area (Å²) < 4.78 is 6.09. The molecule has 0 radical (unpaired) electrons. The van der Waals surface area contributed by atoms with E-state index in [4.69, 9.17) is 4.74 Å². The average Bonchev–Trinajstić information content (AvgIpc) is 2.52. The van der Waals surface area contributed by atoms with Crippen LogP contribution in [0.1, 0.15) is 24.6 Å².